The Hall–Kier alpha value is -3.16. The molecule has 1 aromatic heterocycles. The Labute approximate surface area is 145 Å². The van der Waals surface area contributed by atoms with Crippen molar-refractivity contribution in [3.63, 3.8) is 0 Å². The molecule has 1 unspecified atom stereocenters. The third-order valence-corrected chi connectivity index (χ3v) is 3.69. The van der Waals surface area contributed by atoms with Crippen molar-refractivity contribution in [2.24, 2.45) is 4.99 Å². The number of nitrogens with zero attached hydrogens (tertiary/aromatic N) is 4. The number of carbonyl (C=O) groups is 1. The number of rotatable bonds is 5. The van der Waals surface area contributed by atoms with Gasteiger partial charge in [0.1, 0.15) is 11.5 Å². The van der Waals surface area contributed by atoms with Gasteiger partial charge in [0.05, 0.1) is 26.1 Å². The number of aryl methyl sites for hydroxylation is 2. The van der Waals surface area contributed by atoms with Crippen molar-refractivity contribution in [2.45, 2.75) is 20.1 Å². The minimum atomic E-state index is -0.672. The molecule has 0 spiro atoms. The van der Waals surface area contributed by atoms with E-state index in [2.05, 4.69) is 20.3 Å². The number of benzene rings is 1. The zero-order valence-electron chi connectivity index (χ0n) is 14.5. The van der Waals surface area contributed by atoms with Crippen molar-refractivity contribution in [3.8, 4) is 11.5 Å². The number of hydrogen-bond donors (Lipinski definition) is 1. The summed E-state index contributed by atoms with van der Waals surface area (Å²) in [4.78, 5) is 26.7. The predicted octanol–water partition coefficient (Wildman–Crippen LogP) is 1.92. The molecule has 0 radical (unpaired) electrons. The number of aromatic nitrogens is 2. The Morgan fingerprint density at radius 1 is 1.08 bits per heavy atom. The van der Waals surface area contributed by atoms with Crippen molar-refractivity contribution in [3.05, 3.63) is 35.7 Å². The summed E-state index contributed by atoms with van der Waals surface area (Å²) in [5.74, 6) is 1.28. The second-order valence-electron chi connectivity index (χ2n) is 5.52. The van der Waals surface area contributed by atoms with Gasteiger partial charge in [-0.15, -0.1) is 0 Å². The van der Waals surface area contributed by atoms with Crippen LogP contribution in [0.5, 0.6) is 11.5 Å². The number of amides is 1. The standard InChI is InChI=1S/C17H19N5O3/c1-10-7-11(2)20-16(19-10)21-17-18-9-15(23)22(17)13-8-12(24-3)5-6-14(13)25-4/h5-9,17H,1-4H3,(H,19,20,21). The van der Waals surface area contributed by atoms with Gasteiger partial charge in [-0.1, -0.05) is 0 Å². The molecule has 1 aliphatic rings. The fraction of sp³-hybridized carbons (Fsp3) is 0.294. The van der Waals surface area contributed by atoms with E-state index in [1.165, 1.54) is 11.1 Å². The van der Waals surface area contributed by atoms with Crippen molar-refractivity contribution in [1.29, 1.82) is 0 Å². The fourth-order valence-electron chi connectivity index (χ4n) is 2.63. The van der Waals surface area contributed by atoms with Gasteiger partial charge in [0, 0.05) is 17.5 Å². The minimum Gasteiger partial charge on any atom is -0.497 e. The fourth-order valence-corrected chi connectivity index (χ4v) is 2.63. The number of anilines is 2. The molecule has 1 N–H and O–H groups in total. The molecule has 0 saturated heterocycles. The van der Waals surface area contributed by atoms with E-state index >= 15 is 0 Å². The van der Waals surface area contributed by atoms with Crippen molar-refractivity contribution in [2.75, 3.05) is 24.4 Å². The SMILES string of the molecule is COc1ccc(OC)c(N2C(=O)C=NC2Nc2nc(C)cc(C)n2)c1. The molecule has 0 fully saturated rings. The van der Waals surface area contributed by atoms with Crippen molar-refractivity contribution >= 4 is 23.8 Å². The predicted molar refractivity (Wildman–Crippen MR) is 94.4 cm³/mol. The molecule has 8 nitrogen and oxygen atoms in total. The number of carbonyl (C=O) groups excluding carboxylic acids is 1. The summed E-state index contributed by atoms with van der Waals surface area (Å²) >= 11 is 0. The van der Waals surface area contributed by atoms with E-state index in [-0.39, 0.29) is 5.91 Å². The van der Waals surface area contributed by atoms with Crippen LogP contribution >= 0.6 is 0 Å². The van der Waals surface area contributed by atoms with Crippen LogP contribution in [0.3, 0.4) is 0 Å². The van der Waals surface area contributed by atoms with Gasteiger partial charge >= 0.3 is 0 Å². The number of aliphatic imine (C=N–C) groups is 1. The Morgan fingerprint density at radius 3 is 2.44 bits per heavy atom. The second kappa shape index (κ2) is 6.76. The highest BCUT2D eigenvalue weighted by Crippen LogP contribution is 2.34. The van der Waals surface area contributed by atoms with Crippen molar-refractivity contribution in [1.82, 2.24) is 9.97 Å². The molecule has 3 rings (SSSR count). The average Bonchev–Trinajstić information content (AvgIpc) is 2.93. The van der Waals surface area contributed by atoms with Gasteiger partial charge < -0.3 is 14.8 Å². The number of nitrogens with one attached hydrogen (secondary N) is 1. The first-order valence-corrected chi connectivity index (χ1v) is 7.69. The van der Waals surface area contributed by atoms with E-state index in [0.29, 0.717) is 23.1 Å². The molecule has 8 heteroatoms. The molecule has 25 heavy (non-hydrogen) atoms. The first-order valence-electron chi connectivity index (χ1n) is 7.69. The molecular weight excluding hydrogens is 322 g/mol. The highest BCUT2D eigenvalue weighted by Gasteiger charge is 2.32. The summed E-state index contributed by atoms with van der Waals surface area (Å²) < 4.78 is 10.6. The van der Waals surface area contributed by atoms with Gasteiger partial charge in [-0.05, 0) is 32.0 Å². The highest BCUT2D eigenvalue weighted by molar-refractivity contribution is 6.35. The minimum absolute atomic E-state index is 0.270. The van der Waals surface area contributed by atoms with Crippen LogP contribution in [0.15, 0.2) is 29.3 Å². The summed E-state index contributed by atoms with van der Waals surface area (Å²) in [7, 11) is 3.11. The number of hydrogen-bond acceptors (Lipinski definition) is 7. The van der Waals surface area contributed by atoms with Crippen LogP contribution in [0, 0.1) is 13.8 Å². The zero-order chi connectivity index (χ0) is 18.0. The molecule has 0 bridgehead atoms. The smallest absolute Gasteiger partial charge is 0.272 e. The summed E-state index contributed by atoms with van der Waals surface area (Å²) in [6.45, 7) is 3.76. The van der Waals surface area contributed by atoms with Gasteiger partial charge in [-0.25, -0.2) is 15.0 Å². The van der Waals surface area contributed by atoms with Gasteiger partial charge in [0.25, 0.3) is 5.91 Å². The maximum Gasteiger partial charge on any atom is 0.272 e. The lowest BCUT2D eigenvalue weighted by molar-refractivity contribution is -0.111. The first-order chi connectivity index (χ1) is 12.0. The third-order valence-electron chi connectivity index (χ3n) is 3.69. The third kappa shape index (κ3) is 3.37. The summed E-state index contributed by atoms with van der Waals surface area (Å²) in [6, 6.07) is 7.10. The highest BCUT2D eigenvalue weighted by atomic mass is 16.5. The van der Waals surface area contributed by atoms with Gasteiger partial charge in [-0.2, -0.15) is 0 Å². The largest absolute Gasteiger partial charge is 0.497 e. The maximum atomic E-state index is 12.4. The lowest BCUT2D eigenvalue weighted by atomic mass is 10.2. The Kier molecular flexibility index (Phi) is 4.51. The first kappa shape index (κ1) is 16.7. The molecule has 2 aromatic rings. The van der Waals surface area contributed by atoms with E-state index in [0.717, 1.165) is 11.4 Å². The molecule has 2 heterocycles. The molecule has 1 amide bonds. The van der Waals surface area contributed by atoms with E-state index in [1.54, 1.807) is 32.4 Å². The zero-order valence-corrected chi connectivity index (χ0v) is 14.5. The number of ether oxygens (including phenoxy) is 2. The van der Waals surface area contributed by atoms with E-state index in [1.807, 2.05) is 19.9 Å². The second-order valence-corrected chi connectivity index (χ2v) is 5.52. The van der Waals surface area contributed by atoms with E-state index in [4.69, 9.17) is 9.47 Å². The Morgan fingerprint density at radius 2 is 1.80 bits per heavy atom. The summed E-state index contributed by atoms with van der Waals surface area (Å²) in [6.07, 6.45) is 0.592. The monoisotopic (exact) mass is 341 g/mol. The van der Waals surface area contributed by atoms with Crippen LogP contribution in [0.25, 0.3) is 0 Å². The lowest BCUT2D eigenvalue weighted by Gasteiger charge is -2.26. The molecular formula is C17H19N5O3. The van der Waals surface area contributed by atoms with E-state index < -0.39 is 6.29 Å². The van der Waals surface area contributed by atoms with Gasteiger partial charge in [-0.3, -0.25) is 9.69 Å². The molecule has 1 aromatic carbocycles. The maximum absolute atomic E-state index is 12.4. The van der Waals surface area contributed by atoms with Gasteiger partial charge in [0.2, 0.25) is 12.2 Å². The van der Waals surface area contributed by atoms with E-state index in [9.17, 15) is 4.79 Å². The molecule has 1 atom stereocenters. The topological polar surface area (TPSA) is 88.9 Å². The quantitative estimate of drug-likeness (QED) is 0.894. The number of methoxy groups -OCH3 is 2. The van der Waals surface area contributed by atoms with Crippen molar-refractivity contribution < 1.29 is 14.3 Å². The summed E-state index contributed by atoms with van der Waals surface area (Å²) in [5.41, 5.74) is 2.20. The molecule has 1 aliphatic heterocycles. The normalized spacial score (nSPS) is 16.2. The van der Waals surface area contributed by atoms with Crippen LogP contribution in [0.1, 0.15) is 11.4 Å². The molecule has 0 saturated carbocycles. The van der Waals surface area contributed by atoms with Crippen LogP contribution < -0.4 is 19.7 Å². The van der Waals surface area contributed by atoms with Crippen LogP contribution in [0.4, 0.5) is 11.6 Å². The molecule has 130 valence electrons. The molecule has 0 aliphatic carbocycles. The Balaban J connectivity index is 1.95. The van der Waals surface area contributed by atoms with Crippen LogP contribution in [-0.4, -0.2) is 42.6 Å². The van der Waals surface area contributed by atoms with Crippen LogP contribution in [-0.2, 0) is 4.79 Å². The van der Waals surface area contributed by atoms with Crippen LogP contribution in [0.2, 0.25) is 0 Å². The Bertz CT molecular complexity index is 817. The average molecular weight is 341 g/mol. The lowest BCUT2D eigenvalue weighted by Crippen LogP contribution is -2.40. The summed E-state index contributed by atoms with van der Waals surface area (Å²) in [5, 5.41) is 3.08. The van der Waals surface area contributed by atoms with Gasteiger partial charge in [0.15, 0.2) is 0 Å².